The van der Waals surface area contributed by atoms with Crippen LogP contribution in [0, 0.1) is 0 Å². The Morgan fingerprint density at radius 1 is 0.761 bits per heavy atom. The molecule has 1 aliphatic rings. The minimum Gasteiger partial charge on any atom is -0.497 e. The van der Waals surface area contributed by atoms with E-state index in [1.807, 2.05) is 30.3 Å². The quantitative estimate of drug-likeness (QED) is 0.173. The van der Waals surface area contributed by atoms with E-state index in [9.17, 15) is 29.1 Å². The zero-order valence-electron chi connectivity index (χ0n) is 25.6. The Kier molecular flexibility index (Phi) is 11.5. The van der Waals surface area contributed by atoms with Gasteiger partial charge < -0.3 is 35.3 Å². The van der Waals surface area contributed by atoms with E-state index in [2.05, 4.69) is 16.0 Å². The predicted octanol–water partition coefficient (Wildman–Crippen LogP) is 2.58. The van der Waals surface area contributed by atoms with Crippen LogP contribution in [-0.4, -0.2) is 72.2 Å². The number of carbonyl (C=O) groups is 5. The highest BCUT2D eigenvalue weighted by Gasteiger charge is 2.50. The SMILES string of the molecule is COc1ccc(C[C@H](NC(=O)C(CC(=O)O)NC(=O)OCc2ccccc2)C(=O)N[C@@H](Cc2ccccc2)C(=O)[C@@]2(C)CO2)cc1. The van der Waals surface area contributed by atoms with Crippen molar-refractivity contribution >= 4 is 29.7 Å². The van der Waals surface area contributed by atoms with Gasteiger partial charge in [-0.05, 0) is 42.2 Å². The number of aliphatic carboxylic acids is 1. The number of ether oxygens (including phenoxy) is 3. The monoisotopic (exact) mass is 631 g/mol. The number of Topliss-reactive ketones (excluding diaryl/α,β-unsaturated/α-hetero) is 1. The minimum atomic E-state index is -1.56. The van der Waals surface area contributed by atoms with Gasteiger partial charge in [0.1, 0.15) is 30.0 Å². The van der Waals surface area contributed by atoms with Gasteiger partial charge in [-0.15, -0.1) is 0 Å². The van der Waals surface area contributed by atoms with Crippen molar-refractivity contribution < 1.29 is 43.3 Å². The summed E-state index contributed by atoms with van der Waals surface area (Å²) in [5.74, 6) is -2.68. The number of benzene rings is 3. The molecule has 1 fully saturated rings. The largest absolute Gasteiger partial charge is 0.497 e. The molecule has 0 radical (unpaired) electrons. The van der Waals surface area contributed by atoms with Gasteiger partial charge in [0.05, 0.1) is 26.2 Å². The van der Waals surface area contributed by atoms with Crippen molar-refractivity contribution in [3.05, 3.63) is 102 Å². The minimum absolute atomic E-state index is 0.0141. The van der Waals surface area contributed by atoms with Crippen LogP contribution in [0.4, 0.5) is 4.79 Å². The van der Waals surface area contributed by atoms with E-state index >= 15 is 0 Å². The Hall–Kier alpha value is -5.23. The molecule has 4 N–H and O–H groups in total. The molecule has 242 valence electrons. The molecule has 3 aromatic rings. The highest BCUT2D eigenvalue weighted by Crippen LogP contribution is 2.29. The van der Waals surface area contributed by atoms with E-state index in [1.165, 1.54) is 7.11 Å². The Labute approximate surface area is 266 Å². The van der Waals surface area contributed by atoms with Gasteiger partial charge in [0.25, 0.3) is 0 Å². The second kappa shape index (κ2) is 15.7. The van der Waals surface area contributed by atoms with Crippen LogP contribution < -0.4 is 20.7 Å². The molecule has 3 amide bonds. The van der Waals surface area contributed by atoms with Crippen molar-refractivity contribution in [1.82, 2.24) is 16.0 Å². The smallest absolute Gasteiger partial charge is 0.408 e. The van der Waals surface area contributed by atoms with Crippen LogP contribution in [0.25, 0.3) is 0 Å². The van der Waals surface area contributed by atoms with Crippen molar-refractivity contribution in [3.63, 3.8) is 0 Å². The number of carboxylic acids is 1. The first-order valence-corrected chi connectivity index (χ1v) is 14.7. The predicted molar refractivity (Wildman–Crippen MR) is 166 cm³/mol. The summed E-state index contributed by atoms with van der Waals surface area (Å²) in [5, 5.41) is 17.1. The van der Waals surface area contributed by atoms with Crippen molar-refractivity contribution in [3.8, 4) is 5.75 Å². The number of nitrogens with one attached hydrogen (secondary N) is 3. The first kappa shape index (κ1) is 33.7. The van der Waals surface area contributed by atoms with E-state index in [0.29, 0.717) is 16.9 Å². The van der Waals surface area contributed by atoms with E-state index in [4.69, 9.17) is 14.2 Å². The molecule has 0 spiro atoms. The van der Waals surface area contributed by atoms with Crippen LogP contribution in [0.15, 0.2) is 84.9 Å². The molecule has 46 heavy (non-hydrogen) atoms. The lowest BCUT2D eigenvalue weighted by atomic mass is 9.94. The van der Waals surface area contributed by atoms with Gasteiger partial charge in [-0.3, -0.25) is 19.2 Å². The molecule has 1 aliphatic heterocycles. The summed E-state index contributed by atoms with van der Waals surface area (Å²) in [5.41, 5.74) is 1.12. The number of hydrogen-bond donors (Lipinski definition) is 4. The molecule has 1 saturated heterocycles. The second-order valence-corrected chi connectivity index (χ2v) is 11.1. The number of carbonyl (C=O) groups excluding carboxylic acids is 4. The molecule has 12 nitrogen and oxygen atoms in total. The Bertz CT molecular complexity index is 1510. The van der Waals surface area contributed by atoms with Crippen LogP contribution in [0.5, 0.6) is 5.75 Å². The maximum Gasteiger partial charge on any atom is 0.408 e. The third-order valence-corrected chi connectivity index (χ3v) is 7.45. The van der Waals surface area contributed by atoms with Crippen molar-refractivity contribution in [2.24, 2.45) is 0 Å². The lowest BCUT2D eigenvalue weighted by Crippen LogP contribution is -2.57. The van der Waals surface area contributed by atoms with Gasteiger partial charge in [-0.25, -0.2) is 4.79 Å². The average Bonchev–Trinajstić information content (AvgIpc) is 3.81. The van der Waals surface area contributed by atoms with Crippen molar-refractivity contribution in [2.75, 3.05) is 13.7 Å². The first-order chi connectivity index (χ1) is 22.1. The summed E-state index contributed by atoms with van der Waals surface area (Å²) in [6.45, 7) is 1.77. The van der Waals surface area contributed by atoms with Gasteiger partial charge >= 0.3 is 12.1 Å². The number of hydrogen-bond acceptors (Lipinski definition) is 8. The Morgan fingerprint density at radius 3 is 1.85 bits per heavy atom. The van der Waals surface area contributed by atoms with Crippen molar-refractivity contribution in [1.29, 1.82) is 0 Å². The number of carboxylic acid groups (broad SMARTS) is 1. The highest BCUT2D eigenvalue weighted by atomic mass is 16.6. The van der Waals surface area contributed by atoms with Crippen molar-refractivity contribution in [2.45, 2.75) is 56.5 Å². The van der Waals surface area contributed by atoms with Gasteiger partial charge in [0, 0.05) is 6.42 Å². The van der Waals surface area contributed by atoms with Gasteiger partial charge in [-0.2, -0.15) is 0 Å². The summed E-state index contributed by atoms with van der Waals surface area (Å²) in [6.07, 6.45) is -1.61. The molecule has 1 heterocycles. The number of epoxide rings is 1. The highest BCUT2D eigenvalue weighted by molar-refractivity contribution is 5.99. The molecule has 3 aromatic carbocycles. The molecule has 12 heteroatoms. The number of methoxy groups -OCH3 is 1. The van der Waals surface area contributed by atoms with Gasteiger partial charge in [0.15, 0.2) is 5.78 Å². The first-order valence-electron chi connectivity index (χ1n) is 14.7. The molecular formula is C34H37N3O9. The molecule has 0 aliphatic carbocycles. The molecule has 4 rings (SSSR count). The maximum absolute atomic E-state index is 13.8. The van der Waals surface area contributed by atoms with Crippen LogP contribution in [-0.2, 0) is 48.1 Å². The molecule has 4 atom stereocenters. The normalized spacial score (nSPS) is 17.0. The third-order valence-electron chi connectivity index (χ3n) is 7.45. The summed E-state index contributed by atoms with van der Waals surface area (Å²) in [4.78, 5) is 64.8. The fraction of sp³-hybridized carbons (Fsp3) is 0.324. The van der Waals surface area contributed by atoms with Gasteiger partial charge in [0.2, 0.25) is 11.8 Å². The number of amides is 3. The fourth-order valence-corrected chi connectivity index (χ4v) is 4.72. The summed E-state index contributed by atoms with van der Waals surface area (Å²) >= 11 is 0. The van der Waals surface area contributed by atoms with E-state index in [-0.39, 0.29) is 31.8 Å². The molecule has 0 saturated carbocycles. The number of rotatable bonds is 16. The maximum atomic E-state index is 13.8. The average molecular weight is 632 g/mol. The molecular weight excluding hydrogens is 594 g/mol. The molecule has 1 unspecified atom stereocenters. The summed E-state index contributed by atoms with van der Waals surface area (Å²) in [6, 6.07) is 21.0. The zero-order valence-corrected chi connectivity index (χ0v) is 25.6. The van der Waals surface area contributed by atoms with E-state index in [1.54, 1.807) is 61.5 Å². The standard InChI is InChI=1S/C34H37N3O9/c1-34(21-46-34)30(40)26(17-22-9-5-3-6-10-22)35-31(41)27(18-23-13-15-25(44-2)16-14-23)36-32(42)28(19-29(38)39)37-33(43)45-20-24-11-7-4-8-12-24/h3-16,26-28H,17-21H2,1-2H3,(H,35,41)(H,36,42)(H,37,43)(H,38,39)/t26-,27-,28?,34+/m0/s1. The third kappa shape index (κ3) is 9.89. The lowest BCUT2D eigenvalue weighted by Gasteiger charge is -2.26. The molecule has 0 bridgehead atoms. The van der Waals surface area contributed by atoms with Crippen LogP contribution >= 0.6 is 0 Å². The van der Waals surface area contributed by atoms with Crippen LogP contribution in [0.1, 0.15) is 30.0 Å². The fourth-order valence-electron chi connectivity index (χ4n) is 4.72. The van der Waals surface area contributed by atoms with Crippen LogP contribution in [0.3, 0.4) is 0 Å². The summed E-state index contributed by atoms with van der Waals surface area (Å²) in [7, 11) is 1.51. The summed E-state index contributed by atoms with van der Waals surface area (Å²) < 4.78 is 15.7. The number of ketones is 1. The zero-order chi connectivity index (χ0) is 33.1. The second-order valence-electron chi connectivity index (χ2n) is 11.1. The van der Waals surface area contributed by atoms with E-state index in [0.717, 1.165) is 5.56 Å². The van der Waals surface area contributed by atoms with Crippen LogP contribution in [0.2, 0.25) is 0 Å². The van der Waals surface area contributed by atoms with Gasteiger partial charge in [-0.1, -0.05) is 72.8 Å². The topological polar surface area (TPSA) is 173 Å². The lowest BCUT2D eigenvalue weighted by molar-refractivity contribution is -0.140. The van der Waals surface area contributed by atoms with E-state index < -0.39 is 54.0 Å². The molecule has 0 aromatic heterocycles. The Morgan fingerprint density at radius 2 is 1.28 bits per heavy atom. The number of alkyl carbamates (subject to hydrolysis) is 1. The Balaban J connectivity index is 1.52.